The van der Waals surface area contributed by atoms with Gasteiger partial charge >= 0.3 is 10.4 Å². The predicted molar refractivity (Wildman–Crippen MR) is 124 cm³/mol. The summed E-state index contributed by atoms with van der Waals surface area (Å²) in [5.41, 5.74) is 7.65. The van der Waals surface area contributed by atoms with E-state index in [1.165, 1.54) is 38.7 Å². The number of ether oxygens (including phenoxy) is 1. The van der Waals surface area contributed by atoms with E-state index in [9.17, 15) is 0 Å². The molecule has 0 aromatic heterocycles. The first kappa shape index (κ1) is 25.1. The van der Waals surface area contributed by atoms with Gasteiger partial charge in [-0.25, -0.2) is 0 Å². The third-order valence-electron chi connectivity index (χ3n) is 4.54. The van der Waals surface area contributed by atoms with Crippen molar-refractivity contribution in [2.24, 2.45) is 0 Å². The first-order valence-corrected chi connectivity index (χ1v) is 10.9. The second kappa shape index (κ2) is 11.3. The van der Waals surface area contributed by atoms with Gasteiger partial charge in [0.2, 0.25) is 0 Å². The molecule has 0 aliphatic heterocycles. The standard InChI is InChI=1S/C22H27OP.H2O4S/c1-15(10-12-19-8-6-7-9-22(19)24)11-13-20-16(2)14-21(23-5)18(4)17(20)3;1-5(2,3)4/h6-11,13-14H,12,24H2,1-5H3;(H2,1,2,3,4)/b13-11+,15-10+;. The molecule has 0 saturated carbocycles. The zero-order chi connectivity index (χ0) is 22.2. The number of allylic oxidation sites excluding steroid dienone is 3. The van der Waals surface area contributed by atoms with Gasteiger partial charge < -0.3 is 4.74 Å². The second-order valence-corrected chi connectivity index (χ2v) is 8.21. The summed E-state index contributed by atoms with van der Waals surface area (Å²) in [6.07, 6.45) is 7.65. The smallest absolute Gasteiger partial charge is 0.394 e. The molecule has 0 radical (unpaired) electrons. The first-order valence-electron chi connectivity index (χ1n) is 8.97. The maximum Gasteiger partial charge on any atom is 0.394 e. The number of methoxy groups -OCH3 is 1. The van der Waals surface area contributed by atoms with Gasteiger partial charge in [0.1, 0.15) is 5.75 Å². The minimum atomic E-state index is -4.67. The summed E-state index contributed by atoms with van der Waals surface area (Å²) in [7, 11) is -0.131. The molecular weight excluding hydrogens is 407 g/mol. The van der Waals surface area contributed by atoms with Crippen LogP contribution in [0.25, 0.3) is 6.08 Å². The highest BCUT2D eigenvalue weighted by Crippen LogP contribution is 2.28. The molecule has 7 heteroatoms. The SMILES string of the molecule is COc1cc(C)c(/C=C/C(C)=C/Cc2ccccc2P)c(C)c1C.O=S(=O)(O)O. The highest BCUT2D eigenvalue weighted by atomic mass is 32.3. The fraction of sp³-hybridized carbons (Fsp3) is 0.273. The van der Waals surface area contributed by atoms with E-state index < -0.39 is 10.4 Å². The van der Waals surface area contributed by atoms with Gasteiger partial charge in [-0.2, -0.15) is 8.42 Å². The highest BCUT2D eigenvalue weighted by Gasteiger charge is 2.08. The third kappa shape index (κ3) is 8.92. The van der Waals surface area contributed by atoms with E-state index in [4.69, 9.17) is 22.3 Å². The first-order chi connectivity index (χ1) is 13.4. The van der Waals surface area contributed by atoms with Crippen LogP contribution in [0.1, 0.15) is 34.7 Å². The zero-order valence-electron chi connectivity index (χ0n) is 17.4. The Morgan fingerprint density at radius 2 is 1.72 bits per heavy atom. The number of hydrogen-bond donors (Lipinski definition) is 2. The maximum absolute atomic E-state index is 8.74. The molecule has 0 amide bonds. The fourth-order valence-electron chi connectivity index (χ4n) is 2.81. The molecule has 1 unspecified atom stereocenters. The molecule has 0 aliphatic carbocycles. The maximum atomic E-state index is 8.74. The van der Waals surface area contributed by atoms with E-state index in [1.54, 1.807) is 7.11 Å². The van der Waals surface area contributed by atoms with Crippen molar-refractivity contribution < 1.29 is 22.3 Å². The summed E-state index contributed by atoms with van der Waals surface area (Å²) in [6, 6.07) is 10.6. The van der Waals surface area contributed by atoms with E-state index in [0.29, 0.717) is 0 Å². The molecule has 1 atom stereocenters. The predicted octanol–water partition coefficient (Wildman–Crippen LogP) is 4.67. The molecule has 2 aromatic carbocycles. The summed E-state index contributed by atoms with van der Waals surface area (Å²) >= 11 is 0. The monoisotopic (exact) mass is 436 g/mol. The number of rotatable bonds is 5. The van der Waals surface area contributed by atoms with E-state index in [1.807, 2.05) is 0 Å². The Labute approximate surface area is 176 Å². The van der Waals surface area contributed by atoms with Crippen molar-refractivity contribution in [2.45, 2.75) is 34.1 Å². The summed E-state index contributed by atoms with van der Waals surface area (Å²) in [5.74, 6) is 0.964. The summed E-state index contributed by atoms with van der Waals surface area (Å²) in [5, 5.41) is 1.27. The van der Waals surface area contributed by atoms with Crippen molar-refractivity contribution >= 4 is 31.0 Å². The number of benzene rings is 2. The molecule has 0 bridgehead atoms. The van der Waals surface area contributed by atoms with E-state index in [2.05, 4.69) is 85.5 Å². The molecule has 2 rings (SSSR count). The van der Waals surface area contributed by atoms with Crippen LogP contribution in [0.3, 0.4) is 0 Å². The van der Waals surface area contributed by atoms with Gasteiger partial charge in [0.25, 0.3) is 0 Å². The van der Waals surface area contributed by atoms with Crippen molar-refractivity contribution in [3.63, 3.8) is 0 Å². The second-order valence-electron chi connectivity index (χ2n) is 6.69. The normalized spacial score (nSPS) is 11.9. The lowest BCUT2D eigenvalue weighted by molar-refractivity contribution is 0.381. The lowest BCUT2D eigenvalue weighted by Crippen LogP contribution is -1.99. The van der Waals surface area contributed by atoms with Crippen molar-refractivity contribution in [3.05, 3.63) is 75.9 Å². The van der Waals surface area contributed by atoms with Crippen LogP contribution in [0.15, 0.2) is 48.1 Å². The molecular formula is C22H29O5PS. The largest absolute Gasteiger partial charge is 0.496 e. The van der Waals surface area contributed by atoms with Gasteiger partial charge in [-0.3, -0.25) is 9.11 Å². The molecule has 5 nitrogen and oxygen atoms in total. The Bertz CT molecular complexity index is 1000. The Morgan fingerprint density at radius 1 is 1.14 bits per heavy atom. The van der Waals surface area contributed by atoms with Gasteiger partial charge in [0.15, 0.2) is 0 Å². The van der Waals surface area contributed by atoms with Gasteiger partial charge in [-0.1, -0.05) is 48.1 Å². The Balaban J connectivity index is 0.000000749. The molecule has 2 N–H and O–H groups in total. The van der Waals surface area contributed by atoms with Crippen LogP contribution in [0, 0.1) is 20.8 Å². The van der Waals surface area contributed by atoms with Gasteiger partial charge in [-0.15, -0.1) is 9.24 Å². The molecule has 0 saturated heterocycles. The third-order valence-corrected chi connectivity index (χ3v) is 5.10. The van der Waals surface area contributed by atoms with Gasteiger partial charge in [0, 0.05) is 0 Å². The van der Waals surface area contributed by atoms with E-state index in [0.717, 1.165) is 12.2 Å². The van der Waals surface area contributed by atoms with Gasteiger partial charge in [0.05, 0.1) is 7.11 Å². The Morgan fingerprint density at radius 3 is 2.28 bits per heavy atom. The van der Waals surface area contributed by atoms with Crippen LogP contribution < -0.4 is 10.0 Å². The van der Waals surface area contributed by atoms with Crippen LogP contribution in [-0.4, -0.2) is 24.6 Å². The van der Waals surface area contributed by atoms with Crippen molar-refractivity contribution in [1.29, 1.82) is 0 Å². The lowest BCUT2D eigenvalue weighted by atomic mass is 9.96. The summed E-state index contributed by atoms with van der Waals surface area (Å²) in [6.45, 7) is 8.57. The Hall–Kier alpha value is -1.98. The van der Waals surface area contributed by atoms with E-state index >= 15 is 0 Å². The van der Waals surface area contributed by atoms with Crippen molar-refractivity contribution in [1.82, 2.24) is 0 Å². The highest BCUT2D eigenvalue weighted by molar-refractivity contribution is 7.79. The minimum Gasteiger partial charge on any atom is -0.496 e. The summed E-state index contributed by atoms with van der Waals surface area (Å²) < 4.78 is 37.0. The molecule has 0 heterocycles. The minimum absolute atomic E-state index is 0.954. The molecule has 0 fully saturated rings. The van der Waals surface area contributed by atoms with Crippen LogP contribution in [0.5, 0.6) is 5.75 Å². The summed E-state index contributed by atoms with van der Waals surface area (Å²) in [4.78, 5) is 0. The number of aryl methyl sites for hydroxylation is 1. The van der Waals surface area contributed by atoms with Gasteiger partial charge in [-0.05, 0) is 73.3 Å². The molecule has 158 valence electrons. The van der Waals surface area contributed by atoms with Crippen LogP contribution in [0.2, 0.25) is 0 Å². The average Bonchev–Trinajstić information content (AvgIpc) is 2.62. The Kier molecular flexibility index (Phi) is 9.74. The molecule has 0 spiro atoms. The quantitative estimate of drug-likeness (QED) is 0.404. The van der Waals surface area contributed by atoms with Crippen molar-refractivity contribution in [3.8, 4) is 5.75 Å². The lowest BCUT2D eigenvalue weighted by Gasteiger charge is -2.13. The van der Waals surface area contributed by atoms with Crippen LogP contribution in [-0.2, 0) is 16.8 Å². The van der Waals surface area contributed by atoms with Crippen molar-refractivity contribution in [2.75, 3.05) is 7.11 Å². The molecule has 2 aromatic rings. The molecule has 0 aliphatic rings. The zero-order valence-corrected chi connectivity index (χ0v) is 19.4. The van der Waals surface area contributed by atoms with Crippen LogP contribution >= 0.6 is 9.24 Å². The van der Waals surface area contributed by atoms with Crippen LogP contribution in [0.4, 0.5) is 0 Å². The number of hydrogen-bond acceptors (Lipinski definition) is 3. The fourth-order valence-corrected chi connectivity index (χ4v) is 3.13. The average molecular weight is 437 g/mol. The van der Waals surface area contributed by atoms with E-state index in [-0.39, 0.29) is 0 Å². The topological polar surface area (TPSA) is 83.8 Å². The molecule has 29 heavy (non-hydrogen) atoms.